The highest BCUT2D eigenvalue weighted by Crippen LogP contribution is 2.45. The van der Waals surface area contributed by atoms with Crippen LogP contribution in [0.3, 0.4) is 0 Å². The summed E-state index contributed by atoms with van der Waals surface area (Å²) in [5.41, 5.74) is 4.99. The number of para-hydroxylation sites is 3. The van der Waals surface area contributed by atoms with Crippen LogP contribution in [0.25, 0.3) is 10.9 Å². The maximum absolute atomic E-state index is 14.5. The second-order valence-corrected chi connectivity index (χ2v) is 10.6. The lowest BCUT2D eigenvalue weighted by Gasteiger charge is -2.41. The minimum absolute atomic E-state index is 0.0928. The second kappa shape index (κ2) is 11.2. The van der Waals surface area contributed by atoms with E-state index in [1.807, 2.05) is 72.9 Å². The van der Waals surface area contributed by atoms with E-state index in [0.717, 1.165) is 59.6 Å². The molecular weight excluding hydrogens is 502 g/mol. The van der Waals surface area contributed by atoms with Crippen molar-refractivity contribution in [1.82, 2.24) is 14.8 Å². The number of piperazine rings is 1. The molecule has 0 unspecified atom stereocenters. The molecule has 40 heavy (non-hydrogen) atoms. The van der Waals surface area contributed by atoms with E-state index in [0.29, 0.717) is 18.7 Å². The van der Waals surface area contributed by atoms with E-state index in [1.54, 1.807) is 12.0 Å². The number of nitrogens with one attached hydrogen (secondary N) is 2. The Morgan fingerprint density at radius 1 is 0.950 bits per heavy atom. The number of anilines is 2. The number of likely N-dealkylation sites (N-methyl/N-ethyl adjacent to an activating group) is 1. The summed E-state index contributed by atoms with van der Waals surface area (Å²) < 4.78 is 5.40. The number of fused-ring (bicyclic) bond motifs is 2. The fourth-order valence-corrected chi connectivity index (χ4v) is 6.11. The number of nitrogens with zero attached hydrogens (tertiary/aromatic N) is 3. The predicted molar refractivity (Wildman–Crippen MR) is 158 cm³/mol. The summed E-state index contributed by atoms with van der Waals surface area (Å²) in [5, 5.41) is 4.29. The van der Waals surface area contributed by atoms with Gasteiger partial charge in [0, 0.05) is 68.1 Å². The Kier molecular flexibility index (Phi) is 7.28. The van der Waals surface area contributed by atoms with Gasteiger partial charge in [-0.05, 0) is 36.9 Å². The zero-order valence-electron chi connectivity index (χ0n) is 23.0. The van der Waals surface area contributed by atoms with Crippen LogP contribution in [0.4, 0.5) is 11.4 Å². The normalized spacial score (nSPS) is 19.6. The first-order valence-corrected chi connectivity index (χ1v) is 13.8. The first kappa shape index (κ1) is 26.1. The molecule has 2 aliphatic rings. The molecule has 0 spiro atoms. The topological polar surface area (TPSA) is 80.9 Å². The summed E-state index contributed by atoms with van der Waals surface area (Å²) >= 11 is 0. The van der Waals surface area contributed by atoms with Crippen LogP contribution in [0.2, 0.25) is 0 Å². The van der Waals surface area contributed by atoms with Crippen LogP contribution in [0.1, 0.15) is 33.4 Å². The number of rotatable bonds is 7. The largest absolute Gasteiger partial charge is 0.383 e. The number of carbonyl (C=O) groups excluding carboxylic acids is 2. The molecule has 1 aromatic heterocycles. The molecule has 1 fully saturated rings. The van der Waals surface area contributed by atoms with Crippen LogP contribution in [0, 0.1) is 0 Å². The van der Waals surface area contributed by atoms with Crippen LogP contribution >= 0.6 is 0 Å². The van der Waals surface area contributed by atoms with Crippen molar-refractivity contribution in [3.8, 4) is 0 Å². The number of methoxy groups -OCH3 is 1. The van der Waals surface area contributed by atoms with Gasteiger partial charge in [0.15, 0.2) is 0 Å². The molecule has 4 aromatic rings. The summed E-state index contributed by atoms with van der Waals surface area (Å²) in [5.74, 6) is -0.852. The number of amides is 2. The van der Waals surface area contributed by atoms with Crippen molar-refractivity contribution in [3.05, 3.63) is 95.7 Å². The molecule has 1 saturated heterocycles. The van der Waals surface area contributed by atoms with E-state index in [2.05, 4.69) is 33.2 Å². The lowest BCUT2D eigenvalue weighted by Crippen LogP contribution is -2.47. The summed E-state index contributed by atoms with van der Waals surface area (Å²) in [7, 11) is 3.76. The predicted octanol–water partition coefficient (Wildman–Crippen LogP) is 4.49. The molecule has 0 bridgehead atoms. The molecule has 6 rings (SSSR count). The van der Waals surface area contributed by atoms with Gasteiger partial charge in [-0.1, -0.05) is 48.5 Å². The van der Waals surface area contributed by atoms with Crippen molar-refractivity contribution in [2.75, 3.05) is 63.7 Å². The van der Waals surface area contributed by atoms with Gasteiger partial charge in [0.2, 0.25) is 5.91 Å². The van der Waals surface area contributed by atoms with Gasteiger partial charge in [-0.15, -0.1) is 0 Å². The molecule has 0 saturated carbocycles. The maximum atomic E-state index is 14.5. The number of aromatic nitrogens is 1. The average molecular weight is 538 g/mol. The molecule has 2 amide bonds. The molecule has 8 heteroatoms. The highest BCUT2D eigenvalue weighted by molar-refractivity contribution is 6.06. The third-order valence-electron chi connectivity index (χ3n) is 8.20. The zero-order valence-corrected chi connectivity index (χ0v) is 23.0. The SMILES string of the molecule is COCCN1C(=O)c2ccccc2[C@@H](C(=O)Nc2ccccc2N2CCN(C)CC2)[C@H]1c1c[nH]c2ccccc12. The molecule has 3 heterocycles. The van der Waals surface area contributed by atoms with Crippen LogP contribution in [-0.2, 0) is 9.53 Å². The van der Waals surface area contributed by atoms with Crippen molar-refractivity contribution in [3.63, 3.8) is 0 Å². The average Bonchev–Trinajstić information content (AvgIpc) is 3.41. The lowest BCUT2D eigenvalue weighted by atomic mass is 9.79. The Hall–Kier alpha value is -4.14. The van der Waals surface area contributed by atoms with E-state index < -0.39 is 12.0 Å². The Bertz CT molecular complexity index is 1520. The van der Waals surface area contributed by atoms with Gasteiger partial charge in [-0.2, -0.15) is 0 Å². The summed E-state index contributed by atoms with van der Waals surface area (Å²) in [6.07, 6.45) is 1.94. The van der Waals surface area contributed by atoms with Crippen molar-refractivity contribution >= 4 is 34.1 Å². The quantitative estimate of drug-likeness (QED) is 0.363. The third-order valence-corrected chi connectivity index (χ3v) is 8.20. The number of carbonyl (C=O) groups is 2. The highest BCUT2D eigenvalue weighted by Gasteiger charge is 2.45. The van der Waals surface area contributed by atoms with Crippen LogP contribution < -0.4 is 10.2 Å². The van der Waals surface area contributed by atoms with E-state index in [4.69, 9.17) is 4.74 Å². The summed E-state index contributed by atoms with van der Waals surface area (Å²) in [6, 6.07) is 23.0. The van der Waals surface area contributed by atoms with Crippen molar-refractivity contribution in [1.29, 1.82) is 0 Å². The molecule has 0 radical (unpaired) electrons. The molecular formula is C32H35N5O3. The van der Waals surface area contributed by atoms with Gasteiger partial charge in [-0.3, -0.25) is 9.59 Å². The van der Waals surface area contributed by atoms with E-state index in [-0.39, 0.29) is 11.8 Å². The van der Waals surface area contributed by atoms with Gasteiger partial charge in [-0.25, -0.2) is 0 Å². The van der Waals surface area contributed by atoms with Gasteiger partial charge in [0.25, 0.3) is 5.91 Å². The molecule has 2 N–H and O–H groups in total. The monoisotopic (exact) mass is 537 g/mol. The van der Waals surface area contributed by atoms with Crippen LogP contribution in [0.15, 0.2) is 79.0 Å². The lowest BCUT2D eigenvalue weighted by molar-refractivity contribution is -0.119. The minimum atomic E-state index is -0.620. The second-order valence-electron chi connectivity index (χ2n) is 10.6. The maximum Gasteiger partial charge on any atom is 0.254 e. The number of ether oxygens (including phenoxy) is 1. The first-order valence-electron chi connectivity index (χ1n) is 13.8. The molecule has 2 atom stereocenters. The molecule has 2 aliphatic heterocycles. The number of benzene rings is 3. The first-order chi connectivity index (χ1) is 19.6. The van der Waals surface area contributed by atoms with Crippen molar-refractivity contribution < 1.29 is 14.3 Å². The Morgan fingerprint density at radius 2 is 1.68 bits per heavy atom. The Balaban J connectivity index is 1.44. The molecule has 3 aromatic carbocycles. The number of hydrogen-bond donors (Lipinski definition) is 2. The molecule has 8 nitrogen and oxygen atoms in total. The third kappa shape index (κ3) is 4.74. The van der Waals surface area contributed by atoms with Crippen LogP contribution in [-0.4, -0.2) is 80.1 Å². The number of aromatic amines is 1. The number of H-pyrrole nitrogens is 1. The van der Waals surface area contributed by atoms with Gasteiger partial charge in [0.1, 0.15) is 0 Å². The van der Waals surface area contributed by atoms with Crippen LogP contribution in [0.5, 0.6) is 0 Å². The van der Waals surface area contributed by atoms with Crippen molar-refractivity contribution in [2.45, 2.75) is 12.0 Å². The summed E-state index contributed by atoms with van der Waals surface area (Å²) in [6.45, 7) is 4.47. The van der Waals surface area contributed by atoms with Crippen molar-refractivity contribution in [2.24, 2.45) is 0 Å². The standard InChI is InChI=1S/C32H35N5O3/c1-35-15-17-36(18-16-35)28-14-8-7-13-27(28)34-31(38)29-23-10-3-4-11-24(23)32(39)37(19-20-40-2)30(29)25-21-33-26-12-6-5-9-22(25)26/h3-14,21,29-30,33H,15-20H2,1-2H3,(H,34,38)/t29-,30-/m1/s1. The van der Waals surface area contributed by atoms with Gasteiger partial charge < -0.3 is 29.7 Å². The fraction of sp³-hybridized carbons (Fsp3) is 0.312. The highest BCUT2D eigenvalue weighted by atomic mass is 16.5. The van der Waals surface area contributed by atoms with E-state index in [9.17, 15) is 9.59 Å². The Labute approximate surface area is 234 Å². The fourth-order valence-electron chi connectivity index (χ4n) is 6.11. The Morgan fingerprint density at radius 3 is 2.50 bits per heavy atom. The van der Waals surface area contributed by atoms with E-state index in [1.165, 1.54) is 0 Å². The smallest absolute Gasteiger partial charge is 0.254 e. The van der Waals surface area contributed by atoms with Gasteiger partial charge in [0.05, 0.1) is 29.9 Å². The summed E-state index contributed by atoms with van der Waals surface area (Å²) in [4.78, 5) is 38.2. The zero-order chi connectivity index (χ0) is 27.6. The minimum Gasteiger partial charge on any atom is -0.383 e. The molecule has 206 valence electrons. The molecule has 0 aliphatic carbocycles. The number of hydrogen-bond acceptors (Lipinski definition) is 5. The van der Waals surface area contributed by atoms with E-state index >= 15 is 0 Å². The van der Waals surface area contributed by atoms with Gasteiger partial charge >= 0.3 is 0 Å².